The molecule has 0 spiro atoms. The van der Waals surface area contributed by atoms with Gasteiger partial charge in [-0.15, -0.1) is 0 Å². The first-order chi connectivity index (χ1) is 16.8. The molecule has 0 amide bonds. The Balaban J connectivity index is 1.37. The number of oxime groups is 1. The number of carbonyl (C=O) groups is 1. The van der Waals surface area contributed by atoms with E-state index in [1.54, 1.807) is 0 Å². The molecule has 1 N–H and O–H groups in total. The van der Waals surface area contributed by atoms with Gasteiger partial charge in [-0.3, -0.25) is 9.69 Å². The molecule has 0 saturated carbocycles. The molecule has 7 nitrogen and oxygen atoms in total. The number of nitrogens with zero attached hydrogens (tertiary/aromatic N) is 4. The number of benzene rings is 2. The zero-order valence-electron chi connectivity index (χ0n) is 20.2. The van der Waals surface area contributed by atoms with E-state index in [2.05, 4.69) is 39.1 Å². The Kier molecular flexibility index (Phi) is 7.51. The fourth-order valence-corrected chi connectivity index (χ4v) is 4.24. The highest BCUT2D eigenvalue weighted by Gasteiger charge is 2.32. The van der Waals surface area contributed by atoms with Crippen LogP contribution in [0.4, 0.5) is 4.39 Å². The molecule has 182 valence electrons. The molecule has 3 aromatic rings. The molecule has 0 atom stereocenters. The van der Waals surface area contributed by atoms with Crippen LogP contribution in [0.25, 0.3) is 11.3 Å². The number of likely N-dealkylation sites (tertiary alicyclic amines) is 1. The van der Waals surface area contributed by atoms with Gasteiger partial charge in [0.15, 0.2) is 0 Å². The van der Waals surface area contributed by atoms with Crippen molar-refractivity contribution in [2.24, 2.45) is 11.1 Å². The maximum Gasteiger partial charge on any atom is 0.309 e. The summed E-state index contributed by atoms with van der Waals surface area (Å²) in [6, 6.07) is 12.1. The summed E-state index contributed by atoms with van der Waals surface area (Å²) in [4.78, 5) is 26.6. The minimum Gasteiger partial charge on any atom is -0.481 e. The van der Waals surface area contributed by atoms with Gasteiger partial charge in [-0.2, -0.15) is 4.39 Å². The van der Waals surface area contributed by atoms with Crippen LogP contribution in [0.5, 0.6) is 0 Å². The van der Waals surface area contributed by atoms with Crippen molar-refractivity contribution < 1.29 is 19.1 Å². The molecule has 1 aliphatic heterocycles. The van der Waals surface area contributed by atoms with Crippen molar-refractivity contribution in [1.82, 2.24) is 14.9 Å². The Labute approximate surface area is 204 Å². The summed E-state index contributed by atoms with van der Waals surface area (Å²) in [6.45, 7) is 8.30. The topological polar surface area (TPSA) is 87.9 Å². The largest absolute Gasteiger partial charge is 0.481 e. The van der Waals surface area contributed by atoms with Crippen LogP contribution >= 0.6 is 0 Å². The van der Waals surface area contributed by atoms with Gasteiger partial charge in [0.1, 0.15) is 6.61 Å². The number of carboxylic acids is 1. The van der Waals surface area contributed by atoms with Gasteiger partial charge in [0.2, 0.25) is 5.95 Å². The summed E-state index contributed by atoms with van der Waals surface area (Å²) >= 11 is 0. The van der Waals surface area contributed by atoms with E-state index in [0.29, 0.717) is 25.4 Å². The summed E-state index contributed by atoms with van der Waals surface area (Å²) in [5.41, 5.74) is 7.71. The second-order valence-electron chi connectivity index (χ2n) is 8.89. The highest BCUT2D eigenvalue weighted by Crippen LogP contribution is 2.24. The van der Waals surface area contributed by atoms with Gasteiger partial charge < -0.3 is 9.94 Å². The third-order valence-corrected chi connectivity index (χ3v) is 6.33. The Morgan fingerprint density at radius 3 is 2.63 bits per heavy atom. The van der Waals surface area contributed by atoms with Gasteiger partial charge in [0, 0.05) is 25.2 Å². The van der Waals surface area contributed by atoms with Gasteiger partial charge in [-0.05, 0) is 54.2 Å². The van der Waals surface area contributed by atoms with Crippen molar-refractivity contribution in [2.45, 2.75) is 40.3 Å². The summed E-state index contributed by atoms with van der Waals surface area (Å²) in [5, 5.41) is 13.4. The Morgan fingerprint density at radius 1 is 1.17 bits per heavy atom. The monoisotopic (exact) mass is 476 g/mol. The lowest BCUT2D eigenvalue weighted by atomic mass is 9.96. The molecule has 2 heterocycles. The van der Waals surface area contributed by atoms with Crippen molar-refractivity contribution in [3.63, 3.8) is 0 Å². The van der Waals surface area contributed by atoms with Crippen LogP contribution in [0.15, 0.2) is 53.9 Å². The number of carboxylic acid groups (broad SMARTS) is 1. The van der Waals surface area contributed by atoms with Crippen LogP contribution in [0.1, 0.15) is 41.7 Å². The van der Waals surface area contributed by atoms with Crippen molar-refractivity contribution >= 4 is 11.7 Å². The lowest BCUT2D eigenvalue weighted by Gasteiger charge is -2.37. The van der Waals surface area contributed by atoms with Gasteiger partial charge in [0.25, 0.3) is 0 Å². The maximum absolute atomic E-state index is 13.0. The predicted molar refractivity (Wildman–Crippen MR) is 131 cm³/mol. The molecule has 1 fully saturated rings. The summed E-state index contributed by atoms with van der Waals surface area (Å²) in [5.74, 6) is -1.56. The van der Waals surface area contributed by atoms with Crippen LogP contribution in [0.3, 0.4) is 0 Å². The molecule has 0 aliphatic carbocycles. The molecule has 1 saturated heterocycles. The number of hydrogen-bond donors (Lipinski definition) is 1. The van der Waals surface area contributed by atoms with Crippen LogP contribution in [-0.2, 0) is 29.2 Å². The quantitative estimate of drug-likeness (QED) is 0.358. The van der Waals surface area contributed by atoms with E-state index < -0.39 is 11.9 Å². The molecular weight excluding hydrogens is 447 g/mol. The standard InChI is InChI=1S/C27H29FN4O3/c1-4-20-10-21(6-7-22(20)13-32-14-23(15-32)27(33)34)18(3)31-35-16-19-5-8-24(17(2)9-19)25-11-30-26(28)12-29-25/h5-12,23H,4,13-16H2,1-3H3,(H,33,34)/b31-18+. The first-order valence-corrected chi connectivity index (χ1v) is 11.7. The summed E-state index contributed by atoms with van der Waals surface area (Å²) < 4.78 is 13.0. The molecule has 35 heavy (non-hydrogen) atoms. The normalized spacial score (nSPS) is 14.6. The van der Waals surface area contributed by atoms with Gasteiger partial charge in [-0.1, -0.05) is 42.4 Å². The third-order valence-electron chi connectivity index (χ3n) is 6.33. The van der Waals surface area contributed by atoms with E-state index in [4.69, 9.17) is 9.94 Å². The van der Waals surface area contributed by atoms with E-state index in [1.807, 2.05) is 38.1 Å². The van der Waals surface area contributed by atoms with E-state index in [1.165, 1.54) is 17.3 Å². The number of aliphatic carboxylic acids is 1. The second-order valence-corrected chi connectivity index (χ2v) is 8.89. The van der Waals surface area contributed by atoms with Crippen LogP contribution in [-0.4, -0.2) is 44.7 Å². The van der Waals surface area contributed by atoms with Gasteiger partial charge in [-0.25, -0.2) is 9.97 Å². The van der Waals surface area contributed by atoms with Gasteiger partial charge >= 0.3 is 5.97 Å². The number of hydrogen-bond acceptors (Lipinski definition) is 6. The lowest BCUT2D eigenvalue weighted by molar-refractivity contribution is -0.147. The highest BCUT2D eigenvalue weighted by atomic mass is 19.1. The smallest absolute Gasteiger partial charge is 0.309 e. The zero-order valence-corrected chi connectivity index (χ0v) is 20.2. The van der Waals surface area contributed by atoms with E-state index in [9.17, 15) is 9.18 Å². The number of rotatable bonds is 9. The van der Waals surface area contributed by atoms with Crippen molar-refractivity contribution in [3.05, 3.63) is 82.6 Å². The zero-order chi connectivity index (χ0) is 24.9. The Hall–Kier alpha value is -3.65. The molecule has 0 bridgehead atoms. The van der Waals surface area contributed by atoms with Crippen LogP contribution in [0, 0.1) is 18.8 Å². The number of aromatic nitrogens is 2. The predicted octanol–water partition coefficient (Wildman–Crippen LogP) is 4.61. The minimum absolute atomic E-state index is 0.248. The molecule has 8 heteroatoms. The molecule has 0 radical (unpaired) electrons. The molecule has 0 unspecified atom stereocenters. The Morgan fingerprint density at radius 2 is 1.97 bits per heavy atom. The maximum atomic E-state index is 13.0. The highest BCUT2D eigenvalue weighted by molar-refractivity contribution is 5.98. The fraction of sp³-hybridized carbons (Fsp3) is 0.333. The van der Waals surface area contributed by atoms with Gasteiger partial charge in [0.05, 0.1) is 29.7 Å². The van der Waals surface area contributed by atoms with E-state index in [-0.39, 0.29) is 5.92 Å². The second kappa shape index (κ2) is 10.7. The SMILES string of the molecule is CCc1cc(/C(C)=N/OCc2ccc(-c3cnc(F)cn3)c(C)c2)ccc1CN1CC(C(=O)O)C1. The summed E-state index contributed by atoms with van der Waals surface area (Å²) in [6.07, 6.45) is 3.42. The lowest BCUT2D eigenvalue weighted by Crippen LogP contribution is -2.49. The number of aryl methyl sites for hydroxylation is 2. The third kappa shape index (κ3) is 5.89. The van der Waals surface area contributed by atoms with Crippen molar-refractivity contribution in [3.8, 4) is 11.3 Å². The minimum atomic E-state index is -0.715. The van der Waals surface area contributed by atoms with Crippen LogP contribution in [0.2, 0.25) is 0 Å². The first kappa shape index (κ1) is 24.5. The van der Waals surface area contributed by atoms with E-state index >= 15 is 0 Å². The molecule has 1 aliphatic rings. The molecular formula is C27H29FN4O3. The first-order valence-electron chi connectivity index (χ1n) is 11.7. The van der Waals surface area contributed by atoms with Crippen LogP contribution < -0.4 is 0 Å². The molecule has 2 aromatic carbocycles. The Bertz CT molecular complexity index is 1240. The van der Waals surface area contributed by atoms with Crippen molar-refractivity contribution in [1.29, 1.82) is 0 Å². The molecule has 4 rings (SSSR count). The average molecular weight is 477 g/mol. The molecule has 1 aromatic heterocycles. The fourth-order valence-electron chi connectivity index (χ4n) is 4.24. The average Bonchev–Trinajstić information content (AvgIpc) is 2.81. The summed E-state index contributed by atoms with van der Waals surface area (Å²) in [7, 11) is 0. The van der Waals surface area contributed by atoms with E-state index in [0.717, 1.165) is 47.1 Å². The van der Waals surface area contributed by atoms with Crippen molar-refractivity contribution in [2.75, 3.05) is 13.1 Å². The number of halogens is 1.